The summed E-state index contributed by atoms with van der Waals surface area (Å²) in [4.78, 5) is 9.39. The smallest absolute Gasteiger partial charge is 0.495 e. The minimum atomic E-state index is -5.49. The molecule has 0 N–H and O–H groups in total. The Kier molecular flexibility index (Phi) is 3.46. The lowest BCUT2D eigenvalue weighted by molar-refractivity contribution is -0.0437. The fraction of sp³-hybridized carbons (Fsp3) is 0.222. The van der Waals surface area contributed by atoms with Gasteiger partial charge >= 0.3 is 5.51 Å². The predicted octanol–water partition coefficient (Wildman–Crippen LogP) is 1.80. The number of methoxy groups -OCH3 is 1. The molecule has 0 unspecified atom stereocenters. The number of rotatable bonds is 3. The van der Waals surface area contributed by atoms with Crippen molar-refractivity contribution >= 4 is 16.1 Å². The van der Waals surface area contributed by atoms with Crippen molar-refractivity contribution in [2.75, 3.05) is 7.11 Å². The van der Waals surface area contributed by atoms with E-state index in [-0.39, 0.29) is 5.56 Å². The van der Waals surface area contributed by atoms with E-state index in [0.717, 1.165) is 19.2 Å². The Balaban J connectivity index is 3.48. The average molecular weight is 268 g/mol. The van der Waals surface area contributed by atoms with Crippen LogP contribution in [0.15, 0.2) is 23.1 Å². The number of sulfone groups is 1. The molecule has 0 aliphatic carbocycles. The highest BCUT2D eigenvalue weighted by Gasteiger charge is 2.48. The largest absolute Gasteiger partial charge is 0.502 e. The second-order valence-electron chi connectivity index (χ2n) is 2.98. The summed E-state index contributed by atoms with van der Waals surface area (Å²) in [6.45, 7) is 0. The summed E-state index contributed by atoms with van der Waals surface area (Å²) < 4.78 is 63.7. The molecule has 0 aliphatic heterocycles. The third kappa shape index (κ3) is 2.41. The van der Waals surface area contributed by atoms with Gasteiger partial charge in [-0.1, -0.05) is 6.07 Å². The van der Waals surface area contributed by atoms with Crippen molar-refractivity contribution in [2.24, 2.45) is 0 Å². The molecule has 1 aromatic carbocycles. The molecule has 17 heavy (non-hydrogen) atoms. The number of carbonyl (C=O) groups is 1. The van der Waals surface area contributed by atoms with E-state index in [1.54, 1.807) is 0 Å². The molecule has 0 spiro atoms. The summed E-state index contributed by atoms with van der Waals surface area (Å²) in [5, 5.41) is 0. The van der Waals surface area contributed by atoms with E-state index in [1.807, 2.05) is 0 Å². The molecule has 0 radical (unpaired) electrons. The Hall–Kier alpha value is -1.57. The summed E-state index contributed by atoms with van der Waals surface area (Å²) >= 11 is 0. The maximum atomic E-state index is 12.3. The maximum absolute atomic E-state index is 12.3. The van der Waals surface area contributed by atoms with Crippen molar-refractivity contribution in [1.29, 1.82) is 0 Å². The predicted molar refractivity (Wildman–Crippen MR) is 51.6 cm³/mol. The molecular formula is C9H7F3O4S. The van der Waals surface area contributed by atoms with Crippen LogP contribution in [0.25, 0.3) is 0 Å². The van der Waals surface area contributed by atoms with E-state index in [4.69, 9.17) is 0 Å². The lowest BCUT2D eigenvalue weighted by Gasteiger charge is -2.11. The fourth-order valence-electron chi connectivity index (χ4n) is 1.10. The number of alkyl halides is 3. The van der Waals surface area contributed by atoms with Crippen molar-refractivity contribution in [1.82, 2.24) is 0 Å². The highest BCUT2D eigenvalue weighted by atomic mass is 32.2. The molecular weight excluding hydrogens is 261 g/mol. The molecule has 0 bridgehead atoms. The summed E-state index contributed by atoms with van der Waals surface area (Å²) in [5.74, 6) is -0.521. The van der Waals surface area contributed by atoms with Gasteiger partial charge in [-0.15, -0.1) is 0 Å². The van der Waals surface area contributed by atoms with Gasteiger partial charge in [0.25, 0.3) is 9.84 Å². The van der Waals surface area contributed by atoms with Crippen LogP contribution < -0.4 is 4.74 Å². The Morgan fingerprint density at radius 1 is 1.29 bits per heavy atom. The van der Waals surface area contributed by atoms with E-state index < -0.39 is 26.0 Å². The minimum Gasteiger partial charge on any atom is -0.495 e. The molecule has 0 saturated heterocycles. The van der Waals surface area contributed by atoms with Crippen LogP contribution in [0.3, 0.4) is 0 Å². The molecule has 0 aliphatic rings. The quantitative estimate of drug-likeness (QED) is 0.784. The first kappa shape index (κ1) is 13.5. The lowest BCUT2D eigenvalue weighted by Crippen LogP contribution is -2.23. The normalized spacial score (nSPS) is 12.2. The molecule has 8 heteroatoms. The summed E-state index contributed by atoms with van der Waals surface area (Å²) in [5.41, 5.74) is -5.40. The van der Waals surface area contributed by atoms with Gasteiger partial charge < -0.3 is 4.74 Å². The number of hydrogen-bond donors (Lipinski definition) is 0. The second-order valence-corrected chi connectivity index (χ2v) is 4.89. The van der Waals surface area contributed by atoms with Crippen LogP contribution >= 0.6 is 0 Å². The van der Waals surface area contributed by atoms with Gasteiger partial charge in [0.1, 0.15) is 16.9 Å². The summed E-state index contributed by atoms with van der Waals surface area (Å²) in [6, 6.07) is 2.57. The minimum absolute atomic E-state index is 0.0166. The first-order valence-electron chi connectivity index (χ1n) is 4.18. The zero-order valence-corrected chi connectivity index (χ0v) is 9.30. The van der Waals surface area contributed by atoms with Crippen molar-refractivity contribution in [2.45, 2.75) is 10.4 Å². The van der Waals surface area contributed by atoms with Crippen LogP contribution in [0, 0.1) is 0 Å². The van der Waals surface area contributed by atoms with Gasteiger partial charge in [0.2, 0.25) is 0 Å². The number of carbonyl (C=O) groups excluding carboxylic acids is 1. The Labute approximate surface area is 94.9 Å². The number of benzene rings is 1. The highest BCUT2D eigenvalue weighted by molar-refractivity contribution is 7.92. The van der Waals surface area contributed by atoms with Crippen molar-refractivity contribution in [3.8, 4) is 5.75 Å². The van der Waals surface area contributed by atoms with E-state index in [0.29, 0.717) is 12.4 Å². The molecule has 0 fully saturated rings. The number of ether oxygens (including phenoxy) is 1. The summed E-state index contributed by atoms with van der Waals surface area (Å²) in [6.07, 6.45) is 0.368. The molecule has 4 nitrogen and oxygen atoms in total. The zero-order valence-electron chi connectivity index (χ0n) is 8.48. The Morgan fingerprint density at radius 2 is 1.88 bits per heavy atom. The van der Waals surface area contributed by atoms with Gasteiger partial charge in [0.15, 0.2) is 0 Å². The average Bonchev–Trinajstić information content (AvgIpc) is 2.26. The zero-order chi connectivity index (χ0) is 13.3. The maximum Gasteiger partial charge on any atom is 0.502 e. The van der Waals surface area contributed by atoms with E-state index in [2.05, 4.69) is 4.74 Å². The monoisotopic (exact) mass is 268 g/mol. The standard InChI is InChI=1S/C9H7F3O4S/c1-16-7-4-6(5-13)2-3-8(7)17(14,15)9(10,11)12/h2-5H,1H3. The van der Waals surface area contributed by atoms with Crippen LogP contribution in [0.4, 0.5) is 13.2 Å². The molecule has 0 atom stereocenters. The fourth-order valence-corrected chi connectivity index (χ4v) is 2.01. The van der Waals surface area contributed by atoms with Gasteiger partial charge in [-0.25, -0.2) is 8.42 Å². The number of halogens is 3. The van der Waals surface area contributed by atoms with Crippen LogP contribution in [-0.4, -0.2) is 27.3 Å². The molecule has 94 valence electrons. The van der Waals surface area contributed by atoms with Crippen LogP contribution in [-0.2, 0) is 9.84 Å². The Bertz CT molecular complexity index is 534. The summed E-state index contributed by atoms with van der Waals surface area (Å²) in [7, 11) is -4.47. The first-order valence-corrected chi connectivity index (χ1v) is 5.67. The van der Waals surface area contributed by atoms with Crippen LogP contribution in [0.5, 0.6) is 5.75 Å². The van der Waals surface area contributed by atoms with Gasteiger partial charge in [-0.2, -0.15) is 13.2 Å². The molecule has 1 rings (SSSR count). The van der Waals surface area contributed by atoms with Crippen LogP contribution in [0.1, 0.15) is 10.4 Å². The number of aldehydes is 1. The van der Waals surface area contributed by atoms with Gasteiger partial charge in [0.05, 0.1) is 7.11 Å². The lowest BCUT2D eigenvalue weighted by atomic mass is 10.2. The molecule has 0 aromatic heterocycles. The van der Waals surface area contributed by atoms with Crippen LogP contribution in [0.2, 0.25) is 0 Å². The SMILES string of the molecule is COc1cc(C=O)ccc1S(=O)(=O)C(F)(F)F. The van der Waals surface area contributed by atoms with E-state index in [1.165, 1.54) is 0 Å². The third-order valence-corrected chi connectivity index (χ3v) is 3.44. The van der Waals surface area contributed by atoms with Crippen molar-refractivity contribution in [3.63, 3.8) is 0 Å². The van der Waals surface area contributed by atoms with Crippen molar-refractivity contribution < 1.29 is 31.1 Å². The second kappa shape index (κ2) is 4.36. The van der Waals surface area contributed by atoms with E-state index in [9.17, 15) is 26.4 Å². The molecule has 1 aromatic rings. The topological polar surface area (TPSA) is 60.4 Å². The molecule has 0 saturated carbocycles. The molecule has 0 heterocycles. The first-order chi connectivity index (χ1) is 7.74. The van der Waals surface area contributed by atoms with E-state index >= 15 is 0 Å². The van der Waals surface area contributed by atoms with Gasteiger partial charge in [0, 0.05) is 5.56 Å². The van der Waals surface area contributed by atoms with Gasteiger partial charge in [-0.3, -0.25) is 4.79 Å². The van der Waals surface area contributed by atoms with Gasteiger partial charge in [-0.05, 0) is 12.1 Å². The number of hydrogen-bond acceptors (Lipinski definition) is 4. The Morgan fingerprint density at radius 3 is 2.29 bits per heavy atom. The molecule has 0 amide bonds. The van der Waals surface area contributed by atoms with Crippen molar-refractivity contribution in [3.05, 3.63) is 23.8 Å². The third-order valence-electron chi connectivity index (χ3n) is 1.92. The highest BCUT2D eigenvalue weighted by Crippen LogP contribution is 2.35.